The molecule has 0 aliphatic heterocycles. The highest BCUT2D eigenvalue weighted by atomic mass is 16.2. The van der Waals surface area contributed by atoms with Gasteiger partial charge < -0.3 is 15.5 Å². The maximum Gasteiger partial charge on any atom is 0.279 e. The van der Waals surface area contributed by atoms with Gasteiger partial charge in [-0.1, -0.05) is 6.92 Å². The third-order valence-corrected chi connectivity index (χ3v) is 3.07. The molecule has 0 fully saturated rings. The van der Waals surface area contributed by atoms with Crippen molar-refractivity contribution < 1.29 is 19.3 Å². The zero-order chi connectivity index (χ0) is 16.5. The van der Waals surface area contributed by atoms with E-state index in [1.807, 2.05) is 6.92 Å². The topological polar surface area (TPSA) is 79.7 Å². The summed E-state index contributed by atoms with van der Waals surface area (Å²) in [5, 5.41) is 5.53. The number of carbonyl (C=O) groups is 3. The zero-order valence-electron chi connectivity index (χ0n) is 13.4. The second-order valence-corrected chi connectivity index (χ2v) is 5.34. The van der Waals surface area contributed by atoms with Gasteiger partial charge in [-0.2, -0.15) is 0 Å². The lowest BCUT2D eigenvalue weighted by atomic mass is 10.1. The summed E-state index contributed by atoms with van der Waals surface area (Å²) >= 11 is 0. The van der Waals surface area contributed by atoms with Gasteiger partial charge in [0.1, 0.15) is 0 Å². The van der Waals surface area contributed by atoms with E-state index in [1.54, 1.807) is 31.3 Å². The number of hydrogen-bond acceptors (Lipinski definition) is 3. The minimum atomic E-state index is -0.170. The lowest BCUT2D eigenvalue weighted by Crippen LogP contribution is -3.11. The number of anilines is 1. The Bertz CT molecular complexity index is 526. The first kappa shape index (κ1) is 17.8. The van der Waals surface area contributed by atoms with Crippen LogP contribution in [0.2, 0.25) is 0 Å². The largest absolute Gasteiger partial charge is 0.351 e. The Kier molecular flexibility index (Phi) is 7.25. The fraction of sp³-hybridized carbons (Fsp3) is 0.438. The molecule has 0 spiro atoms. The molecule has 0 saturated carbocycles. The minimum Gasteiger partial charge on any atom is -0.351 e. The summed E-state index contributed by atoms with van der Waals surface area (Å²) in [6, 6.07) is 6.73. The van der Waals surface area contributed by atoms with Crippen molar-refractivity contribution in [2.75, 3.05) is 32.0 Å². The smallest absolute Gasteiger partial charge is 0.279 e. The van der Waals surface area contributed by atoms with Crippen LogP contribution >= 0.6 is 0 Å². The molecule has 1 aromatic rings. The van der Waals surface area contributed by atoms with E-state index in [1.165, 1.54) is 6.92 Å². The predicted molar refractivity (Wildman–Crippen MR) is 85.0 cm³/mol. The molecule has 2 amide bonds. The van der Waals surface area contributed by atoms with E-state index in [2.05, 4.69) is 10.6 Å². The average molecular weight is 306 g/mol. The van der Waals surface area contributed by atoms with Crippen LogP contribution in [-0.2, 0) is 9.59 Å². The molecule has 120 valence electrons. The average Bonchev–Trinajstić information content (AvgIpc) is 2.45. The second kappa shape index (κ2) is 8.94. The van der Waals surface area contributed by atoms with E-state index in [0.29, 0.717) is 17.8 Å². The number of carbonyl (C=O) groups excluding carboxylic acids is 3. The van der Waals surface area contributed by atoms with Crippen molar-refractivity contribution in [2.24, 2.45) is 0 Å². The number of Topliss-reactive ketones (excluding diaryl/α,β-unsaturated/α-hetero) is 1. The lowest BCUT2D eigenvalue weighted by Gasteiger charge is -2.13. The maximum atomic E-state index is 11.9. The maximum absolute atomic E-state index is 11.9. The van der Waals surface area contributed by atoms with Crippen LogP contribution in [0.15, 0.2) is 24.3 Å². The molecule has 22 heavy (non-hydrogen) atoms. The van der Waals surface area contributed by atoms with Crippen LogP contribution in [0.5, 0.6) is 0 Å². The number of ketones is 1. The number of likely N-dealkylation sites (N-methyl/N-ethyl adjacent to an activating group) is 1. The van der Waals surface area contributed by atoms with Gasteiger partial charge in [0.05, 0.1) is 7.05 Å². The molecule has 1 aromatic carbocycles. The summed E-state index contributed by atoms with van der Waals surface area (Å²) in [7, 11) is 1.80. The number of nitrogens with one attached hydrogen (secondary N) is 3. The quantitative estimate of drug-likeness (QED) is 0.585. The van der Waals surface area contributed by atoms with E-state index >= 15 is 0 Å². The van der Waals surface area contributed by atoms with Gasteiger partial charge in [-0.15, -0.1) is 0 Å². The van der Waals surface area contributed by atoms with Crippen LogP contribution in [0.25, 0.3) is 0 Å². The Balaban J connectivity index is 2.41. The summed E-state index contributed by atoms with van der Waals surface area (Å²) in [5.74, 6) is -0.241. The predicted octanol–water partition coefficient (Wildman–Crippen LogP) is -0.131. The molecule has 6 heteroatoms. The van der Waals surface area contributed by atoms with Crippen molar-refractivity contribution in [1.29, 1.82) is 0 Å². The van der Waals surface area contributed by atoms with Crippen LogP contribution in [0, 0.1) is 0 Å². The number of quaternary nitrogens is 1. The van der Waals surface area contributed by atoms with Gasteiger partial charge in [0, 0.05) is 17.8 Å². The lowest BCUT2D eigenvalue weighted by molar-refractivity contribution is -0.862. The van der Waals surface area contributed by atoms with Gasteiger partial charge in [-0.3, -0.25) is 14.4 Å². The molecule has 6 nitrogen and oxygen atoms in total. The molecule has 1 rings (SSSR count). The Morgan fingerprint density at radius 2 is 1.64 bits per heavy atom. The number of amides is 2. The fourth-order valence-corrected chi connectivity index (χ4v) is 1.93. The summed E-state index contributed by atoms with van der Waals surface area (Å²) in [6.07, 6.45) is 0.890. The Labute approximate surface area is 130 Å². The molecule has 0 radical (unpaired) electrons. The number of benzene rings is 1. The molecule has 0 aromatic heterocycles. The summed E-state index contributed by atoms with van der Waals surface area (Å²) in [5.41, 5.74) is 1.24. The first-order valence-corrected chi connectivity index (χ1v) is 7.41. The molecule has 0 aliphatic rings. The van der Waals surface area contributed by atoms with Gasteiger partial charge >= 0.3 is 0 Å². The zero-order valence-corrected chi connectivity index (χ0v) is 13.4. The van der Waals surface area contributed by atoms with Crippen molar-refractivity contribution in [3.8, 4) is 0 Å². The third-order valence-electron chi connectivity index (χ3n) is 3.07. The van der Waals surface area contributed by atoms with E-state index in [9.17, 15) is 14.4 Å². The minimum absolute atomic E-state index is 0.0138. The first-order valence-electron chi connectivity index (χ1n) is 7.41. The first-order chi connectivity index (χ1) is 10.4. The molecule has 1 unspecified atom stereocenters. The summed E-state index contributed by atoms with van der Waals surface area (Å²) < 4.78 is 0. The van der Waals surface area contributed by atoms with Crippen molar-refractivity contribution in [2.45, 2.75) is 20.3 Å². The Hall–Kier alpha value is -2.21. The van der Waals surface area contributed by atoms with Gasteiger partial charge in [0.15, 0.2) is 18.9 Å². The van der Waals surface area contributed by atoms with Gasteiger partial charge in [0.2, 0.25) is 0 Å². The van der Waals surface area contributed by atoms with Crippen molar-refractivity contribution >= 4 is 23.3 Å². The molecule has 1 atom stereocenters. The highest BCUT2D eigenvalue weighted by Crippen LogP contribution is 2.09. The van der Waals surface area contributed by atoms with Crippen molar-refractivity contribution in [1.82, 2.24) is 5.32 Å². The van der Waals surface area contributed by atoms with Crippen LogP contribution in [-0.4, -0.2) is 44.3 Å². The third kappa shape index (κ3) is 6.49. The second-order valence-electron chi connectivity index (χ2n) is 5.34. The van der Waals surface area contributed by atoms with E-state index in [4.69, 9.17) is 0 Å². The van der Waals surface area contributed by atoms with Crippen LogP contribution < -0.4 is 15.5 Å². The number of hydrogen-bond donors (Lipinski definition) is 3. The molecule has 0 aliphatic carbocycles. The van der Waals surface area contributed by atoms with Crippen molar-refractivity contribution in [3.63, 3.8) is 0 Å². The van der Waals surface area contributed by atoms with Crippen LogP contribution in [0.1, 0.15) is 30.6 Å². The summed E-state index contributed by atoms with van der Waals surface area (Å²) in [4.78, 5) is 35.4. The van der Waals surface area contributed by atoms with Crippen LogP contribution in [0.3, 0.4) is 0 Å². The molecule has 0 saturated heterocycles. The van der Waals surface area contributed by atoms with Crippen LogP contribution in [0.4, 0.5) is 5.69 Å². The summed E-state index contributed by atoms with van der Waals surface area (Å²) in [6.45, 7) is 4.60. The SMILES string of the molecule is CCCNC(=O)C[NH+](C)CC(=O)Nc1ccc(C(C)=O)cc1. The Morgan fingerprint density at radius 3 is 2.18 bits per heavy atom. The fourth-order valence-electron chi connectivity index (χ4n) is 1.93. The van der Waals surface area contributed by atoms with E-state index < -0.39 is 0 Å². The van der Waals surface area contributed by atoms with E-state index in [-0.39, 0.29) is 30.7 Å². The molecular weight excluding hydrogens is 282 g/mol. The normalized spacial score (nSPS) is 11.6. The molecule has 0 bridgehead atoms. The Morgan fingerprint density at radius 1 is 1.05 bits per heavy atom. The number of rotatable bonds is 8. The standard InChI is InChI=1S/C16H23N3O3/c1-4-9-17-15(21)10-19(3)11-16(22)18-14-7-5-13(6-8-14)12(2)20/h5-8H,4,9-11H2,1-3H3,(H,17,21)(H,18,22)/p+1. The highest BCUT2D eigenvalue weighted by molar-refractivity contribution is 5.95. The van der Waals surface area contributed by atoms with E-state index in [0.717, 1.165) is 11.3 Å². The van der Waals surface area contributed by atoms with Gasteiger partial charge in [-0.05, 0) is 37.6 Å². The monoisotopic (exact) mass is 306 g/mol. The molecular formula is C16H24N3O3+. The molecule has 0 heterocycles. The highest BCUT2D eigenvalue weighted by Gasteiger charge is 2.14. The van der Waals surface area contributed by atoms with Crippen molar-refractivity contribution in [3.05, 3.63) is 29.8 Å². The van der Waals surface area contributed by atoms with Gasteiger partial charge in [0.25, 0.3) is 11.8 Å². The molecule has 3 N–H and O–H groups in total. The van der Waals surface area contributed by atoms with Gasteiger partial charge in [-0.25, -0.2) is 0 Å².